The van der Waals surface area contributed by atoms with E-state index in [4.69, 9.17) is 10.5 Å². The molecule has 1 aromatic heterocycles. The summed E-state index contributed by atoms with van der Waals surface area (Å²) >= 11 is 0. The Morgan fingerprint density at radius 3 is 2.81 bits per heavy atom. The number of nitrogens with zero attached hydrogens (tertiary/aromatic N) is 1. The van der Waals surface area contributed by atoms with Gasteiger partial charge in [-0.2, -0.15) is 0 Å². The number of benzene rings is 1. The van der Waals surface area contributed by atoms with E-state index in [0.717, 1.165) is 16.7 Å². The summed E-state index contributed by atoms with van der Waals surface area (Å²) in [7, 11) is 0. The van der Waals surface area contributed by atoms with Gasteiger partial charge in [-0.1, -0.05) is 6.07 Å². The lowest BCUT2D eigenvalue weighted by Gasteiger charge is -2.18. The highest BCUT2D eigenvalue weighted by Gasteiger charge is 2.09. The second kappa shape index (κ2) is 4.49. The Morgan fingerprint density at radius 1 is 1.25 bits per heavy atom. The van der Waals surface area contributed by atoms with Crippen molar-refractivity contribution in [3.63, 3.8) is 0 Å². The van der Waals surface area contributed by atoms with E-state index in [0.29, 0.717) is 0 Å². The van der Waals surface area contributed by atoms with Crippen LogP contribution in [0.5, 0.6) is 5.75 Å². The second-order valence-electron chi connectivity index (χ2n) is 4.04. The van der Waals surface area contributed by atoms with Crippen molar-refractivity contribution in [1.82, 2.24) is 4.98 Å². The highest BCUT2D eigenvalue weighted by molar-refractivity contribution is 5.79. The zero-order valence-corrected chi connectivity index (χ0v) is 9.55. The Labute approximate surface area is 95.2 Å². The van der Waals surface area contributed by atoms with Crippen LogP contribution in [0.4, 0.5) is 0 Å². The summed E-state index contributed by atoms with van der Waals surface area (Å²) in [4.78, 5) is 4.28. The van der Waals surface area contributed by atoms with Crippen molar-refractivity contribution in [3.8, 4) is 5.75 Å². The molecule has 2 rings (SSSR count). The molecule has 0 fully saturated rings. The molecule has 84 valence electrons. The number of nitrogens with two attached hydrogens (primary N) is 1. The maximum Gasteiger partial charge on any atom is 0.121 e. The fraction of sp³-hybridized carbons (Fsp3) is 0.308. The molecule has 2 N–H and O–H groups in total. The summed E-state index contributed by atoms with van der Waals surface area (Å²) in [6.07, 6.45) is 1.78. The van der Waals surface area contributed by atoms with Gasteiger partial charge >= 0.3 is 0 Å². The van der Waals surface area contributed by atoms with Crippen molar-refractivity contribution in [3.05, 3.63) is 36.5 Å². The lowest BCUT2D eigenvalue weighted by molar-refractivity contribution is 0.197. The zero-order valence-electron chi connectivity index (χ0n) is 9.55. The smallest absolute Gasteiger partial charge is 0.121 e. The van der Waals surface area contributed by atoms with Crippen molar-refractivity contribution in [1.29, 1.82) is 0 Å². The quantitative estimate of drug-likeness (QED) is 0.856. The van der Waals surface area contributed by atoms with Gasteiger partial charge in [0.1, 0.15) is 11.9 Å². The van der Waals surface area contributed by atoms with Crippen molar-refractivity contribution in [2.45, 2.75) is 26.0 Å². The highest BCUT2D eigenvalue weighted by Crippen LogP contribution is 2.20. The monoisotopic (exact) mass is 216 g/mol. The van der Waals surface area contributed by atoms with Gasteiger partial charge in [0.25, 0.3) is 0 Å². The molecule has 16 heavy (non-hydrogen) atoms. The molecule has 2 aromatic rings. The van der Waals surface area contributed by atoms with Gasteiger partial charge in [0.15, 0.2) is 0 Å². The summed E-state index contributed by atoms with van der Waals surface area (Å²) in [5.74, 6) is 0.816. The molecule has 0 saturated carbocycles. The van der Waals surface area contributed by atoms with E-state index in [9.17, 15) is 0 Å². The van der Waals surface area contributed by atoms with E-state index in [1.807, 2.05) is 44.2 Å². The van der Waals surface area contributed by atoms with Crippen LogP contribution in [-0.2, 0) is 0 Å². The largest absolute Gasteiger partial charge is 0.489 e. The number of ether oxygens (including phenoxy) is 1. The van der Waals surface area contributed by atoms with Gasteiger partial charge in [0.2, 0.25) is 0 Å². The molecule has 1 aromatic carbocycles. The average Bonchev–Trinajstić information content (AvgIpc) is 2.28. The molecule has 0 radical (unpaired) electrons. The van der Waals surface area contributed by atoms with Gasteiger partial charge < -0.3 is 10.5 Å². The minimum atomic E-state index is 0.00108. The molecule has 0 saturated heterocycles. The Kier molecular flexibility index (Phi) is 3.06. The van der Waals surface area contributed by atoms with Crippen LogP contribution in [0.2, 0.25) is 0 Å². The van der Waals surface area contributed by atoms with E-state index in [1.54, 1.807) is 6.20 Å². The third-order valence-electron chi connectivity index (χ3n) is 2.64. The Balaban J connectivity index is 2.26. The maximum absolute atomic E-state index is 5.76. The predicted octanol–water partition coefficient (Wildman–Crippen LogP) is 2.35. The second-order valence-corrected chi connectivity index (χ2v) is 4.04. The molecule has 0 spiro atoms. The fourth-order valence-electron chi connectivity index (χ4n) is 1.44. The predicted molar refractivity (Wildman–Crippen MR) is 65.5 cm³/mol. The van der Waals surface area contributed by atoms with Crippen molar-refractivity contribution >= 4 is 10.9 Å². The molecular weight excluding hydrogens is 200 g/mol. The minimum Gasteiger partial charge on any atom is -0.489 e. The lowest BCUT2D eigenvalue weighted by atomic mass is 10.2. The standard InChI is InChI=1S/C13H16N2O/c1-9(14)10(2)16-12-6-5-11-4-3-7-15-13(11)8-12/h3-10H,14H2,1-2H3/t9-,10?/m1/s1. The number of fused-ring (bicyclic) bond motifs is 1. The van der Waals surface area contributed by atoms with Crippen LogP contribution < -0.4 is 10.5 Å². The molecule has 3 nitrogen and oxygen atoms in total. The van der Waals surface area contributed by atoms with Gasteiger partial charge in [0.05, 0.1) is 5.52 Å². The number of rotatable bonds is 3. The summed E-state index contributed by atoms with van der Waals surface area (Å²) < 4.78 is 5.72. The van der Waals surface area contributed by atoms with Crippen LogP contribution in [-0.4, -0.2) is 17.1 Å². The van der Waals surface area contributed by atoms with Crippen LogP contribution in [0.1, 0.15) is 13.8 Å². The normalized spacial score (nSPS) is 14.7. The van der Waals surface area contributed by atoms with Crippen LogP contribution >= 0.6 is 0 Å². The van der Waals surface area contributed by atoms with Crippen LogP contribution in [0, 0.1) is 0 Å². The van der Waals surface area contributed by atoms with Crippen molar-refractivity contribution in [2.75, 3.05) is 0 Å². The fourth-order valence-corrected chi connectivity index (χ4v) is 1.44. The van der Waals surface area contributed by atoms with E-state index >= 15 is 0 Å². The molecule has 0 aliphatic heterocycles. The molecule has 2 atom stereocenters. The summed E-state index contributed by atoms with van der Waals surface area (Å²) in [5.41, 5.74) is 6.70. The van der Waals surface area contributed by atoms with Gasteiger partial charge in [-0.3, -0.25) is 4.98 Å². The van der Waals surface area contributed by atoms with Gasteiger partial charge in [-0.05, 0) is 32.0 Å². The Bertz CT molecular complexity index is 482. The topological polar surface area (TPSA) is 48.1 Å². The maximum atomic E-state index is 5.76. The van der Waals surface area contributed by atoms with Crippen LogP contribution in [0.3, 0.4) is 0 Å². The van der Waals surface area contributed by atoms with Crippen molar-refractivity contribution < 1.29 is 4.74 Å². The summed E-state index contributed by atoms with van der Waals surface area (Å²) in [6, 6.07) is 9.86. The summed E-state index contributed by atoms with van der Waals surface area (Å²) in [5, 5.41) is 1.11. The molecule has 3 heteroatoms. The minimum absolute atomic E-state index is 0.00108. The summed E-state index contributed by atoms with van der Waals surface area (Å²) in [6.45, 7) is 3.90. The number of hydrogen-bond donors (Lipinski definition) is 1. The first-order valence-corrected chi connectivity index (χ1v) is 5.44. The molecule has 0 amide bonds. The molecular formula is C13H16N2O. The average molecular weight is 216 g/mol. The Morgan fingerprint density at radius 2 is 2.06 bits per heavy atom. The molecule has 1 unspecified atom stereocenters. The first kappa shape index (κ1) is 10.9. The van der Waals surface area contributed by atoms with Gasteiger partial charge in [-0.15, -0.1) is 0 Å². The number of aromatic nitrogens is 1. The van der Waals surface area contributed by atoms with Gasteiger partial charge in [0, 0.05) is 23.7 Å². The molecule has 1 heterocycles. The number of hydrogen-bond acceptors (Lipinski definition) is 3. The molecule has 0 aliphatic rings. The number of pyridine rings is 1. The molecule has 0 aliphatic carbocycles. The Hall–Kier alpha value is -1.61. The lowest BCUT2D eigenvalue weighted by Crippen LogP contribution is -2.33. The third-order valence-corrected chi connectivity index (χ3v) is 2.64. The zero-order chi connectivity index (χ0) is 11.5. The van der Waals surface area contributed by atoms with Crippen LogP contribution in [0.15, 0.2) is 36.5 Å². The van der Waals surface area contributed by atoms with E-state index < -0.39 is 0 Å². The highest BCUT2D eigenvalue weighted by atomic mass is 16.5. The van der Waals surface area contributed by atoms with E-state index in [2.05, 4.69) is 4.98 Å². The molecule has 0 bridgehead atoms. The first-order valence-electron chi connectivity index (χ1n) is 5.44. The first-order chi connectivity index (χ1) is 7.66. The van der Waals surface area contributed by atoms with E-state index in [-0.39, 0.29) is 12.1 Å². The SMILES string of the molecule is CC(Oc1ccc2cccnc2c1)[C@@H](C)N. The van der Waals surface area contributed by atoms with E-state index in [1.165, 1.54) is 0 Å². The van der Waals surface area contributed by atoms with Gasteiger partial charge in [-0.25, -0.2) is 0 Å². The third kappa shape index (κ3) is 2.31. The van der Waals surface area contributed by atoms with Crippen LogP contribution in [0.25, 0.3) is 10.9 Å². The van der Waals surface area contributed by atoms with Crippen molar-refractivity contribution in [2.24, 2.45) is 5.73 Å².